The molecule has 0 bridgehead atoms. The van der Waals surface area contributed by atoms with E-state index in [0.717, 1.165) is 22.0 Å². The predicted octanol–water partition coefficient (Wildman–Crippen LogP) is 1.38. The van der Waals surface area contributed by atoms with Crippen molar-refractivity contribution in [2.45, 2.75) is 69.1 Å². The Morgan fingerprint density at radius 1 is 0.915 bits per heavy atom. The molecule has 1 aliphatic heterocycles. The Bertz CT molecular complexity index is 1600. The summed E-state index contributed by atoms with van der Waals surface area (Å²) in [4.78, 5) is 81.6. The number of H-pyrrole nitrogens is 1. The van der Waals surface area contributed by atoms with Crippen molar-refractivity contribution in [1.82, 2.24) is 25.8 Å². The summed E-state index contributed by atoms with van der Waals surface area (Å²) in [7, 11) is 0. The van der Waals surface area contributed by atoms with E-state index >= 15 is 0 Å². The number of para-hydroxylation sites is 1. The summed E-state index contributed by atoms with van der Waals surface area (Å²) in [6.07, 6.45) is 2.86. The van der Waals surface area contributed by atoms with Crippen LogP contribution in [0.4, 0.5) is 0 Å². The summed E-state index contributed by atoms with van der Waals surface area (Å²) in [5.41, 5.74) is 8.03. The van der Waals surface area contributed by atoms with Crippen molar-refractivity contribution in [3.05, 3.63) is 71.9 Å². The average molecular weight is 667 g/mol. The molecule has 7 N–H and O–H groups in total. The number of hydrogen-bond donors (Lipinski definition) is 6. The van der Waals surface area contributed by atoms with Crippen LogP contribution in [-0.4, -0.2) is 87.1 Å². The Kier molecular flexibility index (Phi) is 12.3. The Morgan fingerprint density at radius 2 is 1.64 bits per heavy atom. The van der Waals surface area contributed by atoms with E-state index in [4.69, 9.17) is 17.3 Å². The molecular weight excluding hydrogens is 628 g/mol. The lowest BCUT2D eigenvalue weighted by molar-refractivity contribution is -0.146. The topological polar surface area (TPSA) is 204 Å². The maximum atomic E-state index is 13.9. The third-order valence-corrected chi connectivity index (χ3v) is 8.41. The number of halogens is 1. The predicted molar refractivity (Wildman–Crippen MR) is 174 cm³/mol. The normalized spacial score (nSPS) is 16.4. The number of nitrogens with one attached hydrogen (secondary N) is 4. The third kappa shape index (κ3) is 9.55. The number of carbonyl (C=O) groups excluding carboxylic acids is 5. The lowest BCUT2D eigenvalue weighted by Gasteiger charge is -2.37. The van der Waals surface area contributed by atoms with Crippen molar-refractivity contribution in [2.75, 3.05) is 12.4 Å². The van der Waals surface area contributed by atoms with Crippen LogP contribution in [-0.2, 0) is 41.6 Å². The van der Waals surface area contributed by atoms with Crippen LogP contribution in [0.1, 0.15) is 43.2 Å². The van der Waals surface area contributed by atoms with Crippen LogP contribution in [0.15, 0.2) is 60.8 Å². The largest absolute Gasteiger partial charge is 0.481 e. The number of carboxylic acid groups (broad SMARTS) is 1. The van der Waals surface area contributed by atoms with Crippen LogP contribution >= 0.6 is 11.6 Å². The minimum atomic E-state index is -1.20. The van der Waals surface area contributed by atoms with Gasteiger partial charge in [0.2, 0.25) is 29.5 Å². The molecule has 0 spiro atoms. The zero-order valence-electron chi connectivity index (χ0n) is 25.7. The molecular formula is C33H39ClN6O7. The summed E-state index contributed by atoms with van der Waals surface area (Å²) >= 11 is 5.62. The number of amides is 5. The highest BCUT2D eigenvalue weighted by Crippen LogP contribution is 2.22. The van der Waals surface area contributed by atoms with Gasteiger partial charge in [-0.05, 0) is 42.9 Å². The summed E-state index contributed by atoms with van der Waals surface area (Å²) < 4.78 is 0. The van der Waals surface area contributed by atoms with Crippen LogP contribution in [0, 0.1) is 0 Å². The van der Waals surface area contributed by atoms with E-state index < -0.39 is 65.6 Å². The number of aromatic amines is 1. The number of primary amides is 1. The fourth-order valence-corrected chi connectivity index (χ4v) is 5.85. The second kappa shape index (κ2) is 16.6. The second-order valence-electron chi connectivity index (χ2n) is 11.5. The molecule has 1 aliphatic rings. The lowest BCUT2D eigenvalue weighted by Crippen LogP contribution is -2.60. The first-order chi connectivity index (χ1) is 22.6. The van der Waals surface area contributed by atoms with Gasteiger partial charge in [-0.2, -0.15) is 0 Å². The van der Waals surface area contributed by atoms with Gasteiger partial charge in [0.25, 0.3) is 0 Å². The molecule has 250 valence electrons. The standard InChI is InChI=1S/C33H39ClN6O7/c34-18-28(41)37-24(13-14-29(42)43)33(47)40-15-7-6-12-27(40)32(46)39-26(17-21-19-36-23-11-5-4-10-22(21)23)31(45)38-25(30(35)44)16-20-8-2-1-3-9-20/h1-5,8-11,19,24-27,36H,6-7,12-18H2,(H2,35,44)(H,37,41)(H,38,45)(H,39,46)(H,42,43)/t24-,25-,26-,27-/m0/s1. The first kappa shape index (κ1) is 35.0. The van der Waals surface area contributed by atoms with Gasteiger partial charge in [-0.3, -0.25) is 28.8 Å². The molecule has 4 atom stereocenters. The molecule has 1 aromatic heterocycles. The van der Waals surface area contributed by atoms with Gasteiger partial charge >= 0.3 is 5.97 Å². The van der Waals surface area contributed by atoms with Gasteiger partial charge in [0.05, 0.1) is 0 Å². The number of alkyl halides is 1. The van der Waals surface area contributed by atoms with Crippen molar-refractivity contribution in [3.63, 3.8) is 0 Å². The number of fused-ring (bicyclic) bond motifs is 1. The van der Waals surface area contributed by atoms with E-state index in [-0.39, 0.29) is 38.6 Å². The van der Waals surface area contributed by atoms with E-state index in [2.05, 4.69) is 20.9 Å². The first-order valence-electron chi connectivity index (χ1n) is 15.4. The molecule has 2 aromatic carbocycles. The molecule has 14 heteroatoms. The molecule has 0 unspecified atom stereocenters. The molecule has 0 saturated carbocycles. The average Bonchev–Trinajstić information content (AvgIpc) is 3.48. The number of nitrogens with zero attached hydrogens (tertiary/aromatic N) is 1. The fourth-order valence-electron chi connectivity index (χ4n) is 5.77. The first-order valence-corrected chi connectivity index (χ1v) is 16.0. The summed E-state index contributed by atoms with van der Waals surface area (Å²) in [6, 6.07) is 12.1. The molecule has 0 radical (unpaired) electrons. The number of rotatable bonds is 15. The van der Waals surface area contributed by atoms with E-state index in [1.165, 1.54) is 4.90 Å². The number of aliphatic carboxylic acids is 1. The van der Waals surface area contributed by atoms with Gasteiger partial charge in [-0.15, -0.1) is 11.6 Å². The Morgan fingerprint density at radius 3 is 2.34 bits per heavy atom. The quantitative estimate of drug-likeness (QED) is 0.131. The number of hydrogen-bond acceptors (Lipinski definition) is 6. The van der Waals surface area contributed by atoms with Gasteiger partial charge in [-0.1, -0.05) is 48.5 Å². The Labute approximate surface area is 276 Å². The van der Waals surface area contributed by atoms with E-state index in [1.807, 2.05) is 30.3 Å². The highest BCUT2D eigenvalue weighted by molar-refractivity contribution is 6.27. The van der Waals surface area contributed by atoms with Crippen molar-refractivity contribution in [2.24, 2.45) is 5.73 Å². The highest BCUT2D eigenvalue weighted by atomic mass is 35.5. The molecule has 3 aromatic rings. The SMILES string of the molecule is NC(=O)[C@H](Cc1ccccc1)NC(=O)[C@H](Cc1c[nH]c2ccccc12)NC(=O)[C@@H]1CCCCN1C(=O)[C@H](CCC(=O)O)NC(=O)CCl. The zero-order chi connectivity index (χ0) is 33.9. The maximum absolute atomic E-state index is 13.9. The lowest BCUT2D eigenvalue weighted by atomic mass is 9.97. The number of carboxylic acids is 1. The third-order valence-electron chi connectivity index (χ3n) is 8.16. The van der Waals surface area contributed by atoms with Crippen LogP contribution < -0.4 is 21.7 Å². The number of aromatic nitrogens is 1. The Balaban J connectivity index is 1.58. The second-order valence-corrected chi connectivity index (χ2v) is 11.8. The fraction of sp³-hybridized carbons (Fsp3) is 0.394. The molecule has 5 amide bonds. The van der Waals surface area contributed by atoms with Crippen LogP contribution in [0.2, 0.25) is 0 Å². The van der Waals surface area contributed by atoms with Gasteiger partial charge in [-0.25, -0.2) is 0 Å². The Hall–Kier alpha value is -4.91. The molecule has 0 aliphatic carbocycles. The number of likely N-dealkylation sites (tertiary alicyclic amines) is 1. The number of piperidine rings is 1. The molecule has 47 heavy (non-hydrogen) atoms. The minimum absolute atomic E-state index is 0.0616. The summed E-state index contributed by atoms with van der Waals surface area (Å²) in [5.74, 6) is -4.81. The molecule has 2 heterocycles. The minimum Gasteiger partial charge on any atom is -0.481 e. The van der Waals surface area contributed by atoms with Crippen LogP contribution in [0.3, 0.4) is 0 Å². The summed E-state index contributed by atoms with van der Waals surface area (Å²) in [6.45, 7) is 0.192. The van der Waals surface area contributed by atoms with Gasteiger partial charge in [0.1, 0.15) is 30.0 Å². The number of nitrogens with two attached hydrogens (primary N) is 1. The van der Waals surface area contributed by atoms with Crippen LogP contribution in [0.5, 0.6) is 0 Å². The summed E-state index contributed by atoms with van der Waals surface area (Å²) in [5, 5.41) is 18.0. The van der Waals surface area contributed by atoms with Crippen molar-refractivity contribution in [3.8, 4) is 0 Å². The van der Waals surface area contributed by atoms with Crippen molar-refractivity contribution in [1.29, 1.82) is 0 Å². The molecule has 1 saturated heterocycles. The monoisotopic (exact) mass is 666 g/mol. The van der Waals surface area contributed by atoms with Gasteiger partial charge < -0.3 is 36.7 Å². The van der Waals surface area contributed by atoms with Crippen LogP contribution in [0.25, 0.3) is 10.9 Å². The smallest absolute Gasteiger partial charge is 0.303 e. The maximum Gasteiger partial charge on any atom is 0.303 e. The van der Waals surface area contributed by atoms with E-state index in [1.54, 1.807) is 30.5 Å². The molecule has 4 rings (SSSR count). The van der Waals surface area contributed by atoms with E-state index in [0.29, 0.717) is 12.8 Å². The highest BCUT2D eigenvalue weighted by Gasteiger charge is 2.38. The molecule has 13 nitrogen and oxygen atoms in total. The zero-order valence-corrected chi connectivity index (χ0v) is 26.5. The number of benzene rings is 2. The van der Waals surface area contributed by atoms with Crippen molar-refractivity contribution >= 4 is 58.0 Å². The van der Waals surface area contributed by atoms with E-state index in [9.17, 15) is 33.9 Å². The number of carbonyl (C=O) groups is 6. The molecule has 1 fully saturated rings. The van der Waals surface area contributed by atoms with Gasteiger partial charge in [0, 0.05) is 42.9 Å². The van der Waals surface area contributed by atoms with Gasteiger partial charge in [0.15, 0.2) is 0 Å². The van der Waals surface area contributed by atoms with Crippen molar-refractivity contribution < 1.29 is 33.9 Å².